The molecule has 1 aromatic heterocycles. The minimum absolute atomic E-state index is 0.0235. The average molecular weight is 745 g/mol. The Morgan fingerprint density at radius 1 is 0.827 bits per heavy atom. The van der Waals surface area contributed by atoms with Crippen LogP contribution in [0.1, 0.15) is 92.0 Å². The van der Waals surface area contributed by atoms with Crippen molar-refractivity contribution in [3.8, 4) is 11.5 Å². The van der Waals surface area contributed by atoms with Gasteiger partial charge in [0.05, 0.1) is 29.5 Å². The van der Waals surface area contributed by atoms with Crippen molar-refractivity contribution in [2.45, 2.75) is 85.9 Å². The third-order valence-corrected chi connectivity index (χ3v) is 9.93. The predicted octanol–water partition coefficient (Wildman–Crippen LogP) is 2.82. The second-order valence-corrected chi connectivity index (χ2v) is 14.6. The lowest BCUT2D eigenvalue weighted by Gasteiger charge is -2.28. The zero-order valence-electron chi connectivity index (χ0n) is 31.3. The summed E-state index contributed by atoms with van der Waals surface area (Å²) in [6.07, 6.45) is 0.450. The average Bonchev–Trinajstić information content (AvgIpc) is 3.70. The quantitative estimate of drug-likeness (QED) is 0.103. The maximum Gasteiger partial charge on any atom is 0.341 e. The second-order valence-electron chi connectivity index (χ2n) is 13.6. The van der Waals surface area contributed by atoms with Gasteiger partial charge in [-0.05, 0) is 54.4 Å². The fraction of sp³-hybridized carbons (Fsp3) is 0.556. The normalized spacial score (nSPS) is 14.3. The highest BCUT2D eigenvalue weighted by atomic mass is 32.1. The first kappa shape index (κ1) is 41.7. The highest BCUT2D eigenvalue weighted by molar-refractivity contribution is 7.18. The van der Waals surface area contributed by atoms with Gasteiger partial charge in [-0.1, -0.05) is 54.5 Å². The van der Waals surface area contributed by atoms with Gasteiger partial charge in [0.2, 0.25) is 30.4 Å². The maximum atomic E-state index is 13.5. The van der Waals surface area contributed by atoms with Crippen molar-refractivity contribution in [1.29, 1.82) is 0 Å². The SMILES string of the molecule is CCC(C(=O)Nc1sc(C(=O)NCCNC(=O)[C@@H](NC(=O)[C@@H](NC(=O)[C@@H](N)C(C)C)C(C)C)C(C)C)c(C)c1C(=O)OC)c1ccc2c(c1)OCO2. The number of amides is 5. The van der Waals surface area contributed by atoms with Crippen molar-refractivity contribution in [3.05, 3.63) is 39.8 Å². The lowest BCUT2D eigenvalue weighted by atomic mass is 9.95. The predicted molar refractivity (Wildman–Crippen MR) is 196 cm³/mol. The Bertz CT molecular complexity index is 1640. The Morgan fingerprint density at radius 2 is 1.42 bits per heavy atom. The molecule has 1 aliphatic heterocycles. The van der Waals surface area contributed by atoms with Crippen LogP contribution in [0.3, 0.4) is 0 Å². The Balaban J connectivity index is 1.65. The fourth-order valence-corrected chi connectivity index (χ4v) is 6.60. The van der Waals surface area contributed by atoms with Crippen molar-refractivity contribution in [3.63, 3.8) is 0 Å². The zero-order valence-corrected chi connectivity index (χ0v) is 32.1. The van der Waals surface area contributed by atoms with Crippen LogP contribution in [-0.2, 0) is 23.9 Å². The van der Waals surface area contributed by atoms with Crippen molar-refractivity contribution in [2.75, 3.05) is 32.3 Å². The number of nitrogens with two attached hydrogens (primary N) is 1. The highest BCUT2D eigenvalue weighted by Gasteiger charge is 2.32. The van der Waals surface area contributed by atoms with E-state index in [2.05, 4.69) is 26.6 Å². The summed E-state index contributed by atoms with van der Waals surface area (Å²) in [5, 5.41) is 13.9. The van der Waals surface area contributed by atoms with E-state index >= 15 is 0 Å². The number of nitrogens with one attached hydrogen (secondary N) is 5. The smallest absolute Gasteiger partial charge is 0.341 e. The maximum absolute atomic E-state index is 13.5. The van der Waals surface area contributed by atoms with E-state index < -0.39 is 53.6 Å². The first-order valence-electron chi connectivity index (χ1n) is 17.4. The highest BCUT2D eigenvalue weighted by Crippen LogP contribution is 2.38. The Kier molecular flexibility index (Phi) is 15.0. The zero-order chi connectivity index (χ0) is 38.9. The van der Waals surface area contributed by atoms with E-state index in [9.17, 15) is 28.8 Å². The minimum atomic E-state index is -0.918. The van der Waals surface area contributed by atoms with Gasteiger partial charge in [0.25, 0.3) is 5.91 Å². The largest absolute Gasteiger partial charge is 0.465 e. The lowest BCUT2D eigenvalue weighted by molar-refractivity contribution is -0.134. The van der Waals surface area contributed by atoms with Gasteiger partial charge in [-0.15, -0.1) is 11.3 Å². The molecule has 15 nitrogen and oxygen atoms in total. The number of benzene rings is 1. The number of esters is 1. The number of ether oxygens (including phenoxy) is 3. The minimum Gasteiger partial charge on any atom is -0.465 e. The molecule has 16 heteroatoms. The van der Waals surface area contributed by atoms with E-state index in [1.165, 1.54) is 7.11 Å². The summed E-state index contributed by atoms with van der Waals surface area (Å²) in [4.78, 5) is 78.7. The van der Waals surface area contributed by atoms with Crippen molar-refractivity contribution in [1.82, 2.24) is 21.3 Å². The van der Waals surface area contributed by atoms with Crippen LogP contribution < -0.4 is 41.8 Å². The molecule has 0 spiro atoms. The summed E-state index contributed by atoms with van der Waals surface area (Å²) >= 11 is 0.939. The number of thiophene rings is 1. The van der Waals surface area contributed by atoms with Crippen LogP contribution in [0.5, 0.6) is 11.5 Å². The summed E-state index contributed by atoms with van der Waals surface area (Å²) in [6, 6.07) is 2.66. The van der Waals surface area contributed by atoms with Gasteiger partial charge >= 0.3 is 5.97 Å². The van der Waals surface area contributed by atoms with Crippen LogP contribution in [0.15, 0.2) is 18.2 Å². The van der Waals surface area contributed by atoms with E-state index in [0.29, 0.717) is 29.0 Å². The molecule has 0 aliphatic carbocycles. The number of rotatable bonds is 17. The molecule has 7 N–H and O–H groups in total. The molecule has 0 fully saturated rings. The van der Waals surface area contributed by atoms with Crippen LogP contribution in [0.25, 0.3) is 0 Å². The number of anilines is 1. The molecule has 286 valence electrons. The first-order chi connectivity index (χ1) is 24.5. The summed E-state index contributed by atoms with van der Waals surface area (Å²) in [7, 11) is 1.21. The van der Waals surface area contributed by atoms with Crippen LogP contribution in [0.4, 0.5) is 5.00 Å². The van der Waals surface area contributed by atoms with Crippen molar-refractivity contribution >= 4 is 51.8 Å². The summed E-state index contributed by atoms with van der Waals surface area (Å²) in [5.74, 6) is -3.19. The summed E-state index contributed by atoms with van der Waals surface area (Å²) < 4.78 is 15.8. The molecule has 1 aromatic carbocycles. The molecule has 2 aromatic rings. The molecule has 3 rings (SSSR count). The Labute approximate surface area is 308 Å². The van der Waals surface area contributed by atoms with Gasteiger partial charge in [0.15, 0.2) is 11.5 Å². The molecule has 2 heterocycles. The molecular formula is C36H52N6O9S. The van der Waals surface area contributed by atoms with Gasteiger partial charge < -0.3 is 46.5 Å². The monoisotopic (exact) mass is 744 g/mol. The van der Waals surface area contributed by atoms with E-state index in [1.807, 2.05) is 6.92 Å². The molecule has 0 saturated carbocycles. The summed E-state index contributed by atoms with van der Waals surface area (Å²) in [5.41, 5.74) is 7.05. The number of hydrogen-bond donors (Lipinski definition) is 6. The molecule has 1 aliphatic rings. The van der Waals surface area contributed by atoms with E-state index in [-0.39, 0.29) is 59.0 Å². The molecule has 0 bridgehead atoms. The first-order valence-corrected chi connectivity index (χ1v) is 18.2. The Morgan fingerprint density at radius 3 is 2.02 bits per heavy atom. The molecule has 0 saturated heterocycles. The van der Waals surface area contributed by atoms with Crippen molar-refractivity contribution < 1.29 is 43.0 Å². The molecular weight excluding hydrogens is 692 g/mol. The number of carbonyl (C=O) groups excluding carboxylic acids is 6. The van der Waals surface area contributed by atoms with Gasteiger partial charge in [0.1, 0.15) is 17.1 Å². The molecule has 1 unspecified atom stereocenters. The van der Waals surface area contributed by atoms with Gasteiger partial charge in [0, 0.05) is 13.1 Å². The third kappa shape index (κ3) is 10.2. The molecule has 5 amide bonds. The van der Waals surface area contributed by atoms with E-state index in [0.717, 1.165) is 11.3 Å². The summed E-state index contributed by atoms with van der Waals surface area (Å²) in [6.45, 7) is 14.3. The van der Waals surface area contributed by atoms with Gasteiger partial charge in [-0.2, -0.15) is 0 Å². The number of fused-ring (bicyclic) bond motifs is 1. The standard InChI is InChI=1S/C36H52N6O9S/c1-10-22(21-11-12-23-24(15-21)51-16-50-23)30(43)42-35-25(36(48)49-9)20(8)29(52-35)34(47)39-14-13-38-32(45)27(18(4)5)41-33(46)28(19(6)7)40-31(44)26(37)17(2)3/h11-12,15,17-19,22,26-28H,10,13-14,16,37H2,1-9H3,(H,38,45)(H,39,47)(H,40,44)(H,41,46)(H,42,43)/t22?,26-,27-,28-/m0/s1. The van der Waals surface area contributed by atoms with E-state index in [4.69, 9.17) is 19.9 Å². The third-order valence-electron chi connectivity index (χ3n) is 8.73. The van der Waals surface area contributed by atoms with Crippen molar-refractivity contribution in [2.24, 2.45) is 23.5 Å². The fourth-order valence-electron chi connectivity index (χ4n) is 5.48. The van der Waals surface area contributed by atoms with Crippen LogP contribution in [0, 0.1) is 24.7 Å². The van der Waals surface area contributed by atoms with E-state index in [1.54, 1.807) is 66.7 Å². The topological polar surface area (TPSA) is 216 Å². The number of hydrogen-bond acceptors (Lipinski definition) is 11. The molecule has 4 atom stereocenters. The van der Waals surface area contributed by atoms with Crippen LogP contribution in [0.2, 0.25) is 0 Å². The molecule has 0 radical (unpaired) electrons. The molecule has 52 heavy (non-hydrogen) atoms. The van der Waals surface area contributed by atoms with Crippen LogP contribution >= 0.6 is 11.3 Å². The van der Waals surface area contributed by atoms with Gasteiger partial charge in [-0.3, -0.25) is 24.0 Å². The Hall–Kier alpha value is -4.70. The van der Waals surface area contributed by atoms with Crippen LogP contribution in [-0.4, -0.2) is 80.6 Å². The lowest BCUT2D eigenvalue weighted by Crippen LogP contribution is -2.59. The second kappa shape index (κ2) is 18.7. The number of carbonyl (C=O) groups is 6. The number of methoxy groups -OCH3 is 1. The van der Waals surface area contributed by atoms with Gasteiger partial charge in [-0.25, -0.2) is 4.79 Å².